The zero-order valence-electron chi connectivity index (χ0n) is 11.2. The van der Waals surface area contributed by atoms with E-state index >= 15 is 0 Å². The van der Waals surface area contributed by atoms with Crippen LogP contribution in [0.4, 0.5) is 0 Å². The van der Waals surface area contributed by atoms with Gasteiger partial charge < -0.3 is 10.1 Å². The lowest BCUT2D eigenvalue weighted by molar-refractivity contribution is -0.128. The summed E-state index contributed by atoms with van der Waals surface area (Å²) in [5.41, 5.74) is -0.819. The van der Waals surface area contributed by atoms with E-state index in [-0.39, 0.29) is 5.91 Å². The number of hydrogen-bond donors (Lipinski definition) is 1. The van der Waals surface area contributed by atoms with Crippen molar-refractivity contribution < 1.29 is 9.53 Å². The molecule has 106 valence electrons. The molecule has 0 aliphatic heterocycles. The van der Waals surface area contributed by atoms with Crippen LogP contribution in [-0.4, -0.2) is 19.1 Å². The highest BCUT2D eigenvalue weighted by Crippen LogP contribution is 2.37. The van der Waals surface area contributed by atoms with Crippen LogP contribution in [0.25, 0.3) is 0 Å². The fraction of sp³-hybridized carbons (Fsp3) is 0.467. The van der Waals surface area contributed by atoms with E-state index in [2.05, 4.69) is 11.4 Å². The number of nitrogens with one attached hydrogen (secondary N) is 1. The van der Waals surface area contributed by atoms with Gasteiger partial charge in [-0.05, 0) is 37.1 Å². The molecule has 0 saturated heterocycles. The number of carbonyl (C=O) groups excluding carboxylic acids is 1. The molecule has 0 spiro atoms. The van der Waals surface area contributed by atoms with Crippen molar-refractivity contribution in [3.63, 3.8) is 0 Å². The number of halogens is 1. The summed E-state index contributed by atoms with van der Waals surface area (Å²) in [5, 5.41) is 12.6. The summed E-state index contributed by atoms with van der Waals surface area (Å²) in [6.07, 6.45) is 3.21. The molecule has 1 amide bonds. The Kier molecular flexibility index (Phi) is 4.86. The lowest BCUT2D eigenvalue weighted by Crippen LogP contribution is -2.40. The number of benzene rings is 1. The lowest BCUT2D eigenvalue weighted by atomic mass is 9.87. The number of nitrogens with zero attached hydrogens (tertiary/aromatic N) is 1. The largest absolute Gasteiger partial charge is 0.492 e. The molecule has 0 bridgehead atoms. The first-order valence-corrected chi connectivity index (χ1v) is 7.12. The van der Waals surface area contributed by atoms with Gasteiger partial charge in [0.2, 0.25) is 5.91 Å². The second-order valence-electron chi connectivity index (χ2n) is 4.96. The minimum absolute atomic E-state index is 0.169. The summed E-state index contributed by atoms with van der Waals surface area (Å²) in [4.78, 5) is 12.0. The number of ether oxygens (including phenoxy) is 1. The lowest BCUT2D eigenvalue weighted by Gasteiger charge is -2.19. The highest BCUT2D eigenvalue weighted by molar-refractivity contribution is 6.30. The van der Waals surface area contributed by atoms with E-state index < -0.39 is 5.41 Å². The maximum Gasteiger partial charge on any atom is 0.240 e. The number of amides is 1. The Balaban J connectivity index is 1.74. The Morgan fingerprint density at radius 1 is 1.35 bits per heavy atom. The Hall–Kier alpha value is -1.73. The maximum atomic E-state index is 12.0. The van der Waals surface area contributed by atoms with Crippen molar-refractivity contribution in [2.24, 2.45) is 5.41 Å². The quantitative estimate of drug-likeness (QED) is 0.849. The number of carbonyl (C=O) groups is 1. The Morgan fingerprint density at radius 3 is 2.60 bits per heavy atom. The van der Waals surface area contributed by atoms with Crippen molar-refractivity contribution in [1.82, 2.24) is 5.32 Å². The van der Waals surface area contributed by atoms with Gasteiger partial charge in [-0.2, -0.15) is 5.26 Å². The molecule has 5 heteroatoms. The molecular weight excluding hydrogens is 276 g/mol. The minimum atomic E-state index is -0.819. The van der Waals surface area contributed by atoms with Crippen LogP contribution in [0.5, 0.6) is 5.75 Å². The summed E-state index contributed by atoms with van der Waals surface area (Å²) >= 11 is 5.78. The molecule has 1 fully saturated rings. The molecular formula is C15H17ClN2O2. The molecule has 0 unspecified atom stereocenters. The van der Waals surface area contributed by atoms with Crippen LogP contribution in [0.1, 0.15) is 25.7 Å². The van der Waals surface area contributed by atoms with Crippen LogP contribution in [0.2, 0.25) is 5.02 Å². The molecule has 1 aromatic carbocycles. The number of hydrogen-bond acceptors (Lipinski definition) is 3. The van der Waals surface area contributed by atoms with Gasteiger partial charge in [0.25, 0.3) is 0 Å². The molecule has 4 nitrogen and oxygen atoms in total. The highest BCUT2D eigenvalue weighted by Gasteiger charge is 2.41. The first kappa shape index (κ1) is 14.7. The second-order valence-corrected chi connectivity index (χ2v) is 5.40. The zero-order chi connectivity index (χ0) is 14.4. The van der Waals surface area contributed by atoms with E-state index in [1.54, 1.807) is 24.3 Å². The highest BCUT2D eigenvalue weighted by atomic mass is 35.5. The maximum absolute atomic E-state index is 12.0. The first-order valence-electron chi connectivity index (χ1n) is 6.74. The fourth-order valence-electron chi connectivity index (χ4n) is 2.40. The summed E-state index contributed by atoms with van der Waals surface area (Å²) < 4.78 is 5.48. The van der Waals surface area contributed by atoms with Gasteiger partial charge in [-0.3, -0.25) is 4.79 Å². The Morgan fingerprint density at radius 2 is 2.00 bits per heavy atom. The van der Waals surface area contributed by atoms with Crippen molar-refractivity contribution >= 4 is 17.5 Å². The van der Waals surface area contributed by atoms with Crippen LogP contribution >= 0.6 is 11.6 Å². The standard InChI is InChI=1S/C15H17ClN2O2/c16-12-3-5-13(6-4-12)20-10-9-18-14(19)15(11-17)7-1-2-8-15/h3-6H,1-2,7-10H2,(H,18,19). The fourth-order valence-corrected chi connectivity index (χ4v) is 2.53. The molecule has 0 heterocycles. The van der Waals surface area contributed by atoms with Gasteiger partial charge >= 0.3 is 0 Å². The molecule has 0 aromatic heterocycles. The van der Waals surface area contributed by atoms with Crippen molar-refractivity contribution in [2.75, 3.05) is 13.2 Å². The van der Waals surface area contributed by atoms with Crippen LogP contribution in [0, 0.1) is 16.7 Å². The molecule has 1 aliphatic rings. The predicted octanol–water partition coefficient (Wildman–Crippen LogP) is 2.92. The van der Waals surface area contributed by atoms with E-state index in [9.17, 15) is 10.1 Å². The van der Waals surface area contributed by atoms with Crippen LogP contribution in [-0.2, 0) is 4.79 Å². The van der Waals surface area contributed by atoms with Crippen molar-refractivity contribution in [3.8, 4) is 11.8 Å². The third kappa shape index (κ3) is 3.43. The zero-order valence-corrected chi connectivity index (χ0v) is 11.9. The predicted molar refractivity (Wildman–Crippen MR) is 76.5 cm³/mol. The first-order chi connectivity index (χ1) is 9.66. The van der Waals surface area contributed by atoms with E-state index in [0.717, 1.165) is 12.8 Å². The van der Waals surface area contributed by atoms with E-state index in [4.69, 9.17) is 16.3 Å². The van der Waals surface area contributed by atoms with Crippen LogP contribution < -0.4 is 10.1 Å². The van der Waals surface area contributed by atoms with Crippen LogP contribution in [0.3, 0.4) is 0 Å². The average molecular weight is 293 g/mol. The molecule has 1 aliphatic carbocycles. The molecule has 1 saturated carbocycles. The van der Waals surface area contributed by atoms with E-state index in [1.807, 2.05) is 0 Å². The Labute approximate surface area is 123 Å². The topological polar surface area (TPSA) is 62.1 Å². The summed E-state index contributed by atoms with van der Waals surface area (Å²) in [7, 11) is 0. The smallest absolute Gasteiger partial charge is 0.240 e. The molecule has 1 aromatic rings. The molecule has 0 radical (unpaired) electrons. The second kappa shape index (κ2) is 6.62. The third-order valence-corrected chi connectivity index (χ3v) is 3.83. The van der Waals surface area contributed by atoms with Crippen molar-refractivity contribution in [3.05, 3.63) is 29.3 Å². The molecule has 20 heavy (non-hydrogen) atoms. The SMILES string of the molecule is N#CC1(C(=O)NCCOc2ccc(Cl)cc2)CCCC1. The minimum Gasteiger partial charge on any atom is -0.492 e. The van der Waals surface area contributed by atoms with Crippen molar-refractivity contribution in [2.45, 2.75) is 25.7 Å². The van der Waals surface area contributed by atoms with Gasteiger partial charge in [0.15, 0.2) is 0 Å². The monoisotopic (exact) mass is 292 g/mol. The van der Waals surface area contributed by atoms with Crippen molar-refractivity contribution in [1.29, 1.82) is 5.26 Å². The summed E-state index contributed by atoms with van der Waals surface area (Å²) in [5.74, 6) is 0.539. The van der Waals surface area contributed by atoms with Gasteiger partial charge in [-0.1, -0.05) is 24.4 Å². The van der Waals surface area contributed by atoms with Gasteiger partial charge in [-0.25, -0.2) is 0 Å². The van der Waals surface area contributed by atoms with Gasteiger partial charge in [0.05, 0.1) is 12.6 Å². The number of rotatable bonds is 5. The van der Waals surface area contributed by atoms with Gasteiger partial charge in [-0.15, -0.1) is 0 Å². The van der Waals surface area contributed by atoms with E-state index in [0.29, 0.717) is 36.8 Å². The summed E-state index contributed by atoms with van der Waals surface area (Å²) in [6.45, 7) is 0.764. The normalized spacial score (nSPS) is 16.4. The average Bonchev–Trinajstić information content (AvgIpc) is 2.95. The third-order valence-electron chi connectivity index (χ3n) is 3.58. The van der Waals surface area contributed by atoms with Gasteiger partial charge in [0.1, 0.15) is 17.8 Å². The summed E-state index contributed by atoms with van der Waals surface area (Å²) in [6, 6.07) is 9.22. The molecule has 1 N–H and O–H groups in total. The van der Waals surface area contributed by atoms with E-state index in [1.165, 1.54) is 0 Å². The molecule has 0 atom stereocenters. The number of nitriles is 1. The van der Waals surface area contributed by atoms with Gasteiger partial charge in [0, 0.05) is 5.02 Å². The van der Waals surface area contributed by atoms with Crippen LogP contribution in [0.15, 0.2) is 24.3 Å². The molecule has 2 rings (SSSR count). The Bertz CT molecular complexity index is 502.